The molecular formula is C14H19N5O2. The maximum Gasteiger partial charge on any atom is 0.257 e. The highest BCUT2D eigenvalue weighted by molar-refractivity contribution is 5.96. The second-order valence-corrected chi connectivity index (χ2v) is 5.86. The van der Waals surface area contributed by atoms with Crippen molar-refractivity contribution in [3.8, 4) is 0 Å². The fourth-order valence-electron chi connectivity index (χ4n) is 2.64. The van der Waals surface area contributed by atoms with Gasteiger partial charge in [-0.1, -0.05) is 20.8 Å². The lowest BCUT2D eigenvalue weighted by atomic mass is 9.82. The van der Waals surface area contributed by atoms with Crippen molar-refractivity contribution in [3.05, 3.63) is 23.8 Å². The van der Waals surface area contributed by atoms with E-state index in [0.717, 1.165) is 5.69 Å². The minimum Gasteiger partial charge on any atom is -0.386 e. The number of aryl methyl sites for hydroxylation is 1. The summed E-state index contributed by atoms with van der Waals surface area (Å²) in [5.74, 6) is 0.510. The summed E-state index contributed by atoms with van der Waals surface area (Å²) < 4.78 is 1.60. The fraction of sp³-hybridized carbons (Fsp3) is 0.571. The number of aromatic nitrogens is 4. The SMILES string of the molecule is CCc1c(C(=O)N2CC(O)(C(C)C)C2)cnc2ncnn12. The Morgan fingerprint density at radius 2 is 2.14 bits per heavy atom. The molecule has 0 bridgehead atoms. The van der Waals surface area contributed by atoms with E-state index in [4.69, 9.17) is 0 Å². The summed E-state index contributed by atoms with van der Waals surface area (Å²) in [5.41, 5.74) is 0.552. The first kappa shape index (κ1) is 13.9. The number of carbonyl (C=O) groups is 1. The number of hydrogen-bond donors (Lipinski definition) is 1. The number of nitrogens with zero attached hydrogens (tertiary/aromatic N) is 5. The number of hydrogen-bond acceptors (Lipinski definition) is 5. The smallest absolute Gasteiger partial charge is 0.257 e. The molecule has 0 saturated carbocycles. The number of likely N-dealkylation sites (tertiary alicyclic amines) is 1. The van der Waals surface area contributed by atoms with Crippen molar-refractivity contribution in [1.29, 1.82) is 0 Å². The maximum absolute atomic E-state index is 12.6. The maximum atomic E-state index is 12.6. The standard InChI is InChI=1S/C14H19N5O2/c1-4-11-10(5-15-13-16-8-17-19(11)13)12(20)18-6-14(21,7-18)9(2)3/h5,8-9,21H,4,6-7H2,1-3H3. The molecular weight excluding hydrogens is 270 g/mol. The Balaban J connectivity index is 1.89. The van der Waals surface area contributed by atoms with E-state index >= 15 is 0 Å². The summed E-state index contributed by atoms with van der Waals surface area (Å²) in [5, 5.41) is 14.4. The monoisotopic (exact) mass is 289 g/mol. The molecule has 7 heteroatoms. The summed E-state index contributed by atoms with van der Waals surface area (Å²) in [7, 11) is 0. The number of β-amino-alcohol motifs (C(OH)–C–C–N with tert-alkyl or cyclic N) is 1. The van der Waals surface area contributed by atoms with Crippen LogP contribution >= 0.6 is 0 Å². The summed E-state index contributed by atoms with van der Waals surface area (Å²) in [4.78, 5) is 22.4. The van der Waals surface area contributed by atoms with E-state index in [0.29, 0.717) is 30.9 Å². The molecule has 1 amide bonds. The average molecular weight is 289 g/mol. The van der Waals surface area contributed by atoms with Crippen LogP contribution in [0.2, 0.25) is 0 Å². The second-order valence-electron chi connectivity index (χ2n) is 5.86. The van der Waals surface area contributed by atoms with Gasteiger partial charge in [0.05, 0.1) is 24.3 Å². The molecule has 0 radical (unpaired) electrons. The van der Waals surface area contributed by atoms with E-state index in [1.807, 2.05) is 20.8 Å². The van der Waals surface area contributed by atoms with E-state index in [1.54, 1.807) is 15.6 Å². The van der Waals surface area contributed by atoms with Crippen LogP contribution in [0.1, 0.15) is 36.8 Å². The molecule has 0 aromatic carbocycles. The van der Waals surface area contributed by atoms with Crippen molar-refractivity contribution < 1.29 is 9.90 Å². The van der Waals surface area contributed by atoms with Gasteiger partial charge in [-0.3, -0.25) is 4.79 Å². The first-order valence-electron chi connectivity index (χ1n) is 7.15. The highest BCUT2D eigenvalue weighted by Crippen LogP contribution is 2.30. The first-order chi connectivity index (χ1) is 9.96. The normalized spacial score (nSPS) is 17.3. The molecule has 0 spiro atoms. The Kier molecular flexibility index (Phi) is 3.16. The summed E-state index contributed by atoms with van der Waals surface area (Å²) >= 11 is 0. The number of amides is 1. The highest BCUT2D eigenvalue weighted by atomic mass is 16.3. The molecule has 112 valence electrons. The zero-order chi connectivity index (χ0) is 15.2. The number of rotatable bonds is 3. The number of fused-ring (bicyclic) bond motifs is 1. The van der Waals surface area contributed by atoms with Crippen LogP contribution in [0.4, 0.5) is 0 Å². The minimum absolute atomic E-state index is 0.109. The topological polar surface area (TPSA) is 83.6 Å². The molecule has 1 saturated heterocycles. The molecule has 1 fully saturated rings. The van der Waals surface area contributed by atoms with Crippen LogP contribution in [0.5, 0.6) is 0 Å². The van der Waals surface area contributed by atoms with Gasteiger partial charge in [0.2, 0.25) is 0 Å². The third kappa shape index (κ3) is 2.08. The van der Waals surface area contributed by atoms with E-state index < -0.39 is 5.60 Å². The quantitative estimate of drug-likeness (QED) is 0.891. The molecule has 3 heterocycles. The lowest BCUT2D eigenvalue weighted by Gasteiger charge is -2.49. The van der Waals surface area contributed by atoms with Crippen LogP contribution in [0.15, 0.2) is 12.5 Å². The molecule has 21 heavy (non-hydrogen) atoms. The van der Waals surface area contributed by atoms with Crippen molar-refractivity contribution in [2.24, 2.45) is 5.92 Å². The molecule has 1 aliphatic rings. The Morgan fingerprint density at radius 1 is 1.43 bits per heavy atom. The van der Waals surface area contributed by atoms with E-state index in [-0.39, 0.29) is 11.8 Å². The van der Waals surface area contributed by atoms with Gasteiger partial charge in [-0.15, -0.1) is 0 Å². The third-order valence-electron chi connectivity index (χ3n) is 4.26. The van der Waals surface area contributed by atoms with Crippen molar-refractivity contribution >= 4 is 11.7 Å². The molecule has 0 unspecified atom stereocenters. The predicted octanol–water partition coefficient (Wildman–Crippen LogP) is 0.530. The molecule has 0 aliphatic carbocycles. The van der Waals surface area contributed by atoms with Crippen LogP contribution in [0, 0.1) is 5.92 Å². The van der Waals surface area contributed by atoms with E-state index in [2.05, 4.69) is 15.1 Å². The van der Waals surface area contributed by atoms with Gasteiger partial charge in [0.1, 0.15) is 11.9 Å². The van der Waals surface area contributed by atoms with E-state index in [9.17, 15) is 9.90 Å². The Hall–Kier alpha value is -2.02. The van der Waals surface area contributed by atoms with Crippen molar-refractivity contribution in [2.45, 2.75) is 32.8 Å². The van der Waals surface area contributed by atoms with Gasteiger partial charge in [0.15, 0.2) is 0 Å². The van der Waals surface area contributed by atoms with Gasteiger partial charge in [-0.2, -0.15) is 10.1 Å². The van der Waals surface area contributed by atoms with Crippen LogP contribution in [-0.4, -0.2) is 54.2 Å². The summed E-state index contributed by atoms with van der Waals surface area (Å²) in [6.07, 6.45) is 3.64. The Morgan fingerprint density at radius 3 is 2.76 bits per heavy atom. The van der Waals surface area contributed by atoms with Gasteiger partial charge in [0.25, 0.3) is 11.7 Å². The molecule has 0 atom stereocenters. The largest absolute Gasteiger partial charge is 0.386 e. The predicted molar refractivity (Wildman–Crippen MR) is 75.9 cm³/mol. The zero-order valence-corrected chi connectivity index (χ0v) is 12.4. The lowest BCUT2D eigenvalue weighted by Crippen LogP contribution is -2.66. The highest BCUT2D eigenvalue weighted by Gasteiger charge is 2.46. The molecule has 1 aliphatic heterocycles. The van der Waals surface area contributed by atoms with Crippen molar-refractivity contribution in [2.75, 3.05) is 13.1 Å². The molecule has 2 aromatic rings. The third-order valence-corrected chi connectivity index (χ3v) is 4.26. The van der Waals surface area contributed by atoms with Gasteiger partial charge < -0.3 is 10.0 Å². The van der Waals surface area contributed by atoms with Crippen LogP contribution < -0.4 is 0 Å². The van der Waals surface area contributed by atoms with Crippen LogP contribution in [0.25, 0.3) is 5.78 Å². The van der Waals surface area contributed by atoms with Crippen molar-refractivity contribution in [1.82, 2.24) is 24.5 Å². The fourth-order valence-corrected chi connectivity index (χ4v) is 2.64. The molecule has 1 N–H and O–H groups in total. The second kappa shape index (κ2) is 4.77. The van der Waals surface area contributed by atoms with Gasteiger partial charge in [0, 0.05) is 6.20 Å². The first-order valence-corrected chi connectivity index (χ1v) is 7.15. The molecule has 7 nitrogen and oxygen atoms in total. The van der Waals surface area contributed by atoms with Gasteiger partial charge in [-0.05, 0) is 12.3 Å². The van der Waals surface area contributed by atoms with Gasteiger partial charge >= 0.3 is 0 Å². The zero-order valence-electron chi connectivity index (χ0n) is 12.4. The van der Waals surface area contributed by atoms with Crippen LogP contribution in [-0.2, 0) is 6.42 Å². The Bertz CT molecular complexity index is 688. The van der Waals surface area contributed by atoms with Crippen molar-refractivity contribution in [3.63, 3.8) is 0 Å². The average Bonchev–Trinajstić information content (AvgIpc) is 2.90. The Labute approximate surface area is 122 Å². The van der Waals surface area contributed by atoms with Gasteiger partial charge in [-0.25, -0.2) is 9.50 Å². The minimum atomic E-state index is -0.771. The van der Waals surface area contributed by atoms with Crippen LogP contribution in [0.3, 0.4) is 0 Å². The number of carbonyl (C=O) groups excluding carboxylic acids is 1. The molecule has 3 rings (SSSR count). The number of aliphatic hydroxyl groups is 1. The summed E-state index contributed by atoms with van der Waals surface area (Å²) in [6, 6.07) is 0. The van der Waals surface area contributed by atoms with E-state index in [1.165, 1.54) is 6.33 Å². The summed E-state index contributed by atoms with van der Waals surface area (Å²) in [6.45, 7) is 6.61. The molecule has 2 aromatic heterocycles. The lowest BCUT2D eigenvalue weighted by molar-refractivity contribution is -0.110.